The van der Waals surface area contributed by atoms with Gasteiger partial charge in [0.25, 0.3) is 0 Å². The Kier molecular flexibility index (Phi) is 4.45. The van der Waals surface area contributed by atoms with Crippen LogP contribution in [-0.4, -0.2) is 16.4 Å². The van der Waals surface area contributed by atoms with Crippen molar-refractivity contribution in [2.24, 2.45) is 5.73 Å². The molecular weight excluding hydrogens is 218 g/mol. The average Bonchev–Trinajstić information content (AvgIpc) is 2.27. The zero-order valence-electron chi connectivity index (χ0n) is 10.2. The van der Waals surface area contributed by atoms with Gasteiger partial charge in [0.05, 0.1) is 5.54 Å². The van der Waals surface area contributed by atoms with Gasteiger partial charge in [0, 0.05) is 18.8 Å². The molecule has 1 heterocycles. The Morgan fingerprint density at radius 2 is 2.24 bits per heavy atom. The first-order valence-corrected chi connectivity index (χ1v) is 5.70. The van der Waals surface area contributed by atoms with E-state index >= 15 is 0 Å². The van der Waals surface area contributed by atoms with Gasteiger partial charge in [-0.3, -0.25) is 9.59 Å². The lowest BCUT2D eigenvalue weighted by Crippen LogP contribution is -2.51. The molecule has 0 aliphatic rings. The van der Waals surface area contributed by atoms with Crippen molar-refractivity contribution >= 4 is 5.91 Å². The van der Waals surface area contributed by atoms with Gasteiger partial charge in [-0.2, -0.15) is 0 Å². The minimum atomic E-state index is -0.836. The van der Waals surface area contributed by atoms with E-state index in [1.54, 1.807) is 19.2 Å². The lowest BCUT2D eigenvalue weighted by atomic mass is 9.96. The number of carbonyl (C=O) groups is 1. The predicted molar refractivity (Wildman–Crippen MR) is 66.4 cm³/mol. The summed E-state index contributed by atoms with van der Waals surface area (Å²) >= 11 is 0. The van der Waals surface area contributed by atoms with Gasteiger partial charge in [0.15, 0.2) is 0 Å². The maximum atomic E-state index is 11.8. The molecule has 0 spiro atoms. The van der Waals surface area contributed by atoms with Crippen LogP contribution in [0.2, 0.25) is 0 Å². The largest absolute Gasteiger partial charge is 0.350 e. The molecule has 0 bridgehead atoms. The highest BCUT2D eigenvalue weighted by atomic mass is 16.2. The quantitative estimate of drug-likeness (QED) is 0.697. The second kappa shape index (κ2) is 5.63. The summed E-state index contributed by atoms with van der Waals surface area (Å²) in [5.74, 6) is -0.175. The van der Waals surface area contributed by atoms with Gasteiger partial charge in [0.2, 0.25) is 11.5 Å². The molecule has 1 aromatic heterocycles. The fourth-order valence-corrected chi connectivity index (χ4v) is 1.57. The van der Waals surface area contributed by atoms with E-state index in [1.807, 2.05) is 6.92 Å². The first-order valence-electron chi connectivity index (χ1n) is 5.70. The van der Waals surface area contributed by atoms with E-state index < -0.39 is 5.54 Å². The summed E-state index contributed by atoms with van der Waals surface area (Å²) in [5.41, 5.74) is 5.73. The van der Waals surface area contributed by atoms with Crippen molar-refractivity contribution < 1.29 is 4.79 Å². The van der Waals surface area contributed by atoms with Crippen molar-refractivity contribution in [3.8, 4) is 0 Å². The standard InChI is InChI=1S/C12H19N3O2/c1-3-6-12(2,13)11(17)15-8-9-4-5-10(16)14-7-9/h4-5,7H,3,6,8,13H2,1-2H3,(H,14,16)(H,15,17). The number of rotatable bonds is 5. The number of aromatic amines is 1. The van der Waals surface area contributed by atoms with Crippen molar-refractivity contribution in [2.75, 3.05) is 0 Å². The monoisotopic (exact) mass is 237 g/mol. The number of carbonyl (C=O) groups excluding carboxylic acids is 1. The second-order valence-electron chi connectivity index (χ2n) is 4.41. The predicted octanol–water partition coefficient (Wildman–Crippen LogP) is 0.509. The summed E-state index contributed by atoms with van der Waals surface area (Å²) in [4.78, 5) is 25.2. The number of nitrogens with two attached hydrogens (primary N) is 1. The van der Waals surface area contributed by atoms with Crippen molar-refractivity contribution in [2.45, 2.75) is 38.8 Å². The lowest BCUT2D eigenvalue weighted by molar-refractivity contribution is -0.126. The van der Waals surface area contributed by atoms with Crippen molar-refractivity contribution in [3.05, 3.63) is 34.2 Å². The van der Waals surface area contributed by atoms with Crippen LogP contribution in [0.25, 0.3) is 0 Å². The fraction of sp³-hybridized carbons (Fsp3) is 0.500. The molecule has 0 aliphatic carbocycles. The lowest BCUT2D eigenvalue weighted by Gasteiger charge is -2.22. The highest BCUT2D eigenvalue weighted by Crippen LogP contribution is 2.08. The normalized spacial score (nSPS) is 14.1. The number of hydrogen-bond acceptors (Lipinski definition) is 3. The zero-order valence-corrected chi connectivity index (χ0v) is 10.2. The van der Waals surface area contributed by atoms with Crippen LogP contribution < -0.4 is 16.6 Å². The molecule has 5 nitrogen and oxygen atoms in total. The third-order valence-corrected chi connectivity index (χ3v) is 2.59. The Labute approximate surface area is 100 Å². The molecule has 0 radical (unpaired) electrons. The third kappa shape index (κ3) is 4.03. The molecule has 0 saturated heterocycles. The molecule has 1 amide bonds. The van der Waals surface area contributed by atoms with E-state index in [0.29, 0.717) is 13.0 Å². The van der Waals surface area contributed by atoms with Gasteiger partial charge < -0.3 is 16.0 Å². The van der Waals surface area contributed by atoms with Crippen molar-refractivity contribution in [1.29, 1.82) is 0 Å². The summed E-state index contributed by atoms with van der Waals surface area (Å²) in [7, 11) is 0. The van der Waals surface area contributed by atoms with Crippen LogP contribution in [0.4, 0.5) is 0 Å². The van der Waals surface area contributed by atoms with E-state index in [-0.39, 0.29) is 11.5 Å². The van der Waals surface area contributed by atoms with E-state index in [9.17, 15) is 9.59 Å². The van der Waals surface area contributed by atoms with Gasteiger partial charge in [-0.15, -0.1) is 0 Å². The Bertz CT molecular complexity index is 417. The van der Waals surface area contributed by atoms with Crippen LogP contribution in [0.5, 0.6) is 0 Å². The number of H-pyrrole nitrogens is 1. The smallest absolute Gasteiger partial charge is 0.247 e. The molecular formula is C12H19N3O2. The highest BCUT2D eigenvalue weighted by molar-refractivity contribution is 5.85. The molecule has 0 fully saturated rings. The fourth-order valence-electron chi connectivity index (χ4n) is 1.57. The number of nitrogens with one attached hydrogen (secondary N) is 2. The average molecular weight is 237 g/mol. The second-order valence-corrected chi connectivity index (χ2v) is 4.41. The van der Waals surface area contributed by atoms with Crippen LogP contribution in [0.15, 0.2) is 23.1 Å². The van der Waals surface area contributed by atoms with Crippen LogP contribution in [0.1, 0.15) is 32.3 Å². The summed E-state index contributed by atoms with van der Waals surface area (Å²) < 4.78 is 0. The summed E-state index contributed by atoms with van der Waals surface area (Å²) in [6, 6.07) is 3.10. The molecule has 1 atom stereocenters. The van der Waals surface area contributed by atoms with Crippen LogP contribution in [-0.2, 0) is 11.3 Å². The summed E-state index contributed by atoms with van der Waals surface area (Å²) in [6.45, 7) is 4.07. The molecule has 1 rings (SSSR count). The molecule has 0 aromatic carbocycles. The van der Waals surface area contributed by atoms with Gasteiger partial charge in [0.1, 0.15) is 0 Å². The molecule has 1 aromatic rings. The maximum absolute atomic E-state index is 11.8. The minimum absolute atomic E-state index is 0.158. The van der Waals surface area contributed by atoms with E-state index in [1.165, 1.54) is 6.07 Å². The van der Waals surface area contributed by atoms with Crippen LogP contribution >= 0.6 is 0 Å². The first-order chi connectivity index (χ1) is 7.95. The summed E-state index contributed by atoms with van der Waals surface area (Å²) in [5, 5.41) is 2.76. The SMILES string of the molecule is CCCC(C)(N)C(=O)NCc1ccc(=O)[nH]c1. The van der Waals surface area contributed by atoms with E-state index in [0.717, 1.165) is 12.0 Å². The highest BCUT2D eigenvalue weighted by Gasteiger charge is 2.26. The van der Waals surface area contributed by atoms with Crippen LogP contribution in [0.3, 0.4) is 0 Å². The molecule has 4 N–H and O–H groups in total. The molecule has 1 unspecified atom stereocenters. The molecule has 94 valence electrons. The molecule has 0 saturated carbocycles. The molecule has 17 heavy (non-hydrogen) atoms. The Morgan fingerprint density at radius 1 is 1.53 bits per heavy atom. The number of aromatic nitrogens is 1. The Morgan fingerprint density at radius 3 is 2.76 bits per heavy atom. The van der Waals surface area contributed by atoms with E-state index in [2.05, 4.69) is 10.3 Å². The Hall–Kier alpha value is -1.62. The molecule has 0 aliphatic heterocycles. The third-order valence-electron chi connectivity index (χ3n) is 2.59. The minimum Gasteiger partial charge on any atom is -0.350 e. The first kappa shape index (κ1) is 13.4. The number of amides is 1. The van der Waals surface area contributed by atoms with Crippen molar-refractivity contribution in [1.82, 2.24) is 10.3 Å². The topological polar surface area (TPSA) is 88.0 Å². The van der Waals surface area contributed by atoms with Gasteiger partial charge >= 0.3 is 0 Å². The Balaban J connectivity index is 2.53. The van der Waals surface area contributed by atoms with Crippen LogP contribution in [0, 0.1) is 0 Å². The van der Waals surface area contributed by atoms with Gasteiger partial charge in [-0.1, -0.05) is 19.4 Å². The molecule has 5 heteroatoms. The maximum Gasteiger partial charge on any atom is 0.247 e. The number of hydrogen-bond donors (Lipinski definition) is 3. The van der Waals surface area contributed by atoms with Gasteiger partial charge in [-0.25, -0.2) is 0 Å². The zero-order chi connectivity index (χ0) is 12.9. The van der Waals surface area contributed by atoms with E-state index in [4.69, 9.17) is 5.73 Å². The summed E-state index contributed by atoms with van der Waals surface area (Å²) in [6.07, 6.45) is 3.08. The van der Waals surface area contributed by atoms with Gasteiger partial charge in [-0.05, 0) is 18.9 Å². The number of pyridine rings is 1. The van der Waals surface area contributed by atoms with Crippen molar-refractivity contribution in [3.63, 3.8) is 0 Å².